The zero-order valence-corrected chi connectivity index (χ0v) is 14.8. The summed E-state index contributed by atoms with van der Waals surface area (Å²) >= 11 is 41.3. The summed E-state index contributed by atoms with van der Waals surface area (Å²) in [5.41, 5.74) is -0.276. The molecule has 21 heavy (non-hydrogen) atoms. The predicted octanol–water partition coefficient (Wildman–Crippen LogP) is 6.71. The van der Waals surface area contributed by atoms with E-state index in [0.29, 0.717) is 5.39 Å². The van der Waals surface area contributed by atoms with E-state index in [0.717, 1.165) is 0 Å². The highest BCUT2D eigenvalue weighted by molar-refractivity contribution is 6.84. The zero-order valence-electron chi connectivity index (χ0n) is 9.54. The fourth-order valence-corrected chi connectivity index (χ4v) is 3.61. The highest BCUT2D eigenvalue weighted by atomic mass is 35.5. The van der Waals surface area contributed by atoms with Gasteiger partial charge in [0.05, 0.1) is 35.7 Å². The Labute approximate surface area is 153 Å². The molecular formula is C12HCl7O2. The Balaban J connectivity index is 3.03. The molecule has 0 aliphatic rings. The third-order valence-electron chi connectivity index (χ3n) is 2.66. The van der Waals surface area contributed by atoms with Crippen LogP contribution in [0, 0.1) is 0 Å². The summed E-state index contributed by atoms with van der Waals surface area (Å²) < 4.78 is 0. The number of carbonyl (C=O) groups is 2. The molecule has 0 aliphatic carbocycles. The molecule has 0 saturated carbocycles. The van der Waals surface area contributed by atoms with Crippen LogP contribution in [-0.4, -0.2) is 11.0 Å². The van der Waals surface area contributed by atoms with Crippen LogP contribution < -0.4 is 0 Å². The van der Waals surface area contributed by atoms with Gasteiger partial charge in [-0.15, -0.1) is 0 Å². The van der Waals surface area contributed by atoms with Crippen LogP contribution in [0.2, 0.25) is 30.1 Å². The second-order valence-electron chi connectivity index (χ2n) is 3.83. The maximum Gasteiger partial charge on any atom is 0.293 e. The van der Waals surface area contributed by atoms with Gasteiger partial charge in [0, 0.05) is 10.8 Å². The Morgan fingerprint density at radius 1 is 0.762 bits per heavy atom. The number of benzene rings is 2. The van der Waals surface area contributed by atoms with Crippen LogP contribution in [0.15, 0.2) is 6.07 Å². The molecule has 2 nitrogen and oxygen atoms in total. The van der Waals surface area contributed by atoms with Crippen molar-refractivity contribution in [1.29, 1.82) is 0 Å². The van der Waals surface area contributed by atoms with Gasteiger partial charge in [-0.25, -0.2) is 0 Å². The van der Waals surface area contributed by atoms with Crippen LogP contribution in [0.5, 0.6) is 0 Å². The molecule has 2 aromatic carbocycles. The largest absolute Gasteiger partial charge is 0.293 e. The molecule has 0 radical (unpaired) electrons. The van der Waals surface area contributed by atoms with Gasteiger partial charge in [-0.2, -0.15) is 0 Å². The Morgan fingerprint density at radius 2 is 1.29 bits per heavy atom. The normalized spacial score (nSPS) is 11.0. The highest BCUT2D eigenvalue weighted by Crippen LogP contribution is 2.47. The van der Waals surface area contributed by atoms with Crippen molar-refractivity contribution < 1.29 is 9.59 Å². The Bertz CT molecular complexity index is 814. The lowest BCUT2D eigenvalue weighted by Gasteiger charge is -2.13. The number of halogens is 7. The smallest absolute Gasteiger partial charge is 0.284 e. The number of rotatable bonds is 2. The molecule has 0 N–H and O–H groups in total. The zero-order chi connectivity index (χ0) is 16.1. The van der Waals surface area contributed by atoms with E-state index in [9.17, 15) is 9.59 Å². The SMILES string of the molecule is O=C(Cl)C(=O)c1c(Cl)cc2c(Cl)c(Cl)c(Cl)c(Cl)c2c1Cl. The molecule has 9 heteroatoms. The molecule has 0 aliphatic heterocycles. The number of hydrogen-bond acceptors (Lipinski definition) is 2. The van der Waals surface area contributed by atoms with Gasteiger partial charge in [0.25, 0.3) is 5.24 Å². The first-order chi connectivity index (χ1) is 9.68. The van der Waals surface area contributed by atoms with Crippen LogP contribution in [0.4, 0.5) is 0 Å². The monoisotopic (exact) mass is 422 g/mol. The van der Waals surface area contributed by atoms with Gasteiger partial charge < -0.3 is 0 Å². The van der Waals surface area contributed by atoms with E-state index < -0.39 is 11.0 Å². The van der Waals surface area contributed by atoms with Crippen molar-refractivity contribution in [3.8, 4) is 0 Å². The van der Waals surface area contributed by atoms with E-state index in [2.05, 4.69) is 0 Å². The molecule has 0 heterocycles. The minimum atomic E-state index is -1.24. The average molecular weight is 425 g/mol. The number of hydrogen-bond donors (Lipinski definition) is 0. The topological polar surface area (TPSA) is 34.1 Å². The van der Waals surface area contributed by atoms with Crippen LogP contribution in [-0.2, 0) is 4.79 Å². The van der Waals surface area contributed by atoms with Gasteiger partial charge in [0.15, 0.2) is 0 Å². The molecule has 0 unspecified atom stereocenters. The lowest BCUT2D eigenvalue weighted by atomic mass is 10.0. The van der Waals surface area contributed by atoms with E-state index in [4.69, 9.17) is 81.2 Å². The van der Waals surface area contributed by atoms with Gasteiger partial charge >= 0.3 is 0 Å². The first-order valence-electron chi connectivity index (χ1n) is 5.06. The van der Waals surface area contributed by atoms with Gasteiger partial charge in [-0.05, 0) is 17.7 Å². The van der Waals surface area contributed by atoms with Gasteiger partial charge in [-0.3, -0.25) is 9.59 Å². The molecule has 2 aromatic rings. The molecular weight excluding hydrogens is 424 g/mol. The van der Waals surface area contributed by atoms with Crippen molar-refractivity contribution >= 4 is 103 Å². The van der Waals surface area contributed by atoms with Gasteiger partial charge in [-0.1, -0.05) is 69.6 Å². The summed E-state index contributed by atoms with van der Waals surface area (Å²) in [6.45, 7) is 0. The third kappa shape index (κ3) is 2.84. The van der Waals surface area contributed by atoms with Crippen molar-refractivity contribution in [2.45, 2.75) is 0 Å². The predicted molar refractivity (Wildman–Crippen MR) is 89.2 cm³/mol. The summed E-state index contributed by atoms with van der Waals surface area (Å²) in [6.07, 6.45) is 0. The summed E-state index contributed by atoms with van der Waals surface area (Å²) in [7, 11) is 0. The Hall–Kier alpha value is 0.0700. The molecule has 2 rings (SSSR count). The highest BCUT2D eigenvalue weighted by Gasteiger charge is 2.26. The lowest BCUT2D eigenvalue weighted by molar-refractivity contribution is -0.108. The Morgan fingerprint density at radius 3 is 1.81 bits per heavy atom. The molecule has 0 amide bonds. The second kappa shape index (κ2) is 6.29. The van der Waals surface area contributed by atoms with Crippen molar-refractivity contribution in [1.82, 2.24) is 0 Å². The minimum absolute atomic E-state index is 0.0150. The molecule has 110 valence electrons. The number of ketones is 1. The van der Waals surface area contributed by atoms with E-state index in [1.807, 2.05) is 0 Å². The maximum absolute atomic E-state index is 11.8. The van der Waals surface area contributed by atoms with E-state index in [1.165, 1.54) is 6.07 Å². The van der Waals surface area contributed by atoms with Crippen LogP contribution in [0.25, 0.3) is 10.8 Å². The van der Waals surface area contributed by atoms with Crippen LogP contribution >= 0.6 is 81.2 Å². The fraction of sp³-hybridized carbons (Fsp3) is 0. The van der Waals surface area contributed by atoms with E-state index in [1.54, 1.807) is 0 Å². The van der Waals surface area contributed by atoms with Gasteiger partial charge in [0.2, 0.25) is 5.78 Å². The number of Topliss-reactive ketones (excluding diaryl/α,β-unsaturated/α-hetero) is 1. The summed E-state index contributed by atoms with van der Waals surface area (Å²) in [4.78, 5) is 22.8. The third-order valence-corrected chi connectivity index (χ3v) is 5.32. The van der Waals surface area contributed by atoms with Gasteiger partial charge in [0.1, 0.15) is 0 Å². The maximum atomic E-state index is 11.8. The van der Waals surface area contributed by atoms with E-state index >= 15 is 0 Å². The summed E-state index contributed by atoms with van der Waals surface area (Å²) in [5.74, 6) is -1.06. The number of carbonyl (C=O) groups excluding carboxylic acids is 2. The van der Waals surface area contributed by atoms with Crippen molar-refractivity contribution in [2.24, 2.45) is 0 Å². The van der Waals surface area contributed by atoms with E-state index in [-0.39, 0.29) is 41.1 Å². The Kier molecular flexibility index (Phi) is 5.22. The molecule has 0 saturated heterocycles. The first kappa shape index (κ1) is 17.4. The second-order valence-corrected chi connectivity index (χ2v) is 6.47. The van der Waals surface area contributed by atoms with Crippen molar-refractivity contribution in [3.05, 3.63) is 41.8 Å². The molecule has 0 spiro atoms. The lowest BCUT2D eigenvalue weighted by Crippen LogP contribution is -2.09. The standard InChI is InChI=1S/C12HCl7O2/c13-3-1-2-4(7(15)5(3)11(20)12(19)21)8(16)10(18)9(17)6(2)14/h1H. The quantitative estimate of drug-likeness (QED) is 0.176. The molecule has 0 aromatic heterocycles. The number of fused-ring (bicyclic) bond motifs is 1. The average Bonchev–Trinajstić information content (AvgIpc) is 2.41. The van der Waals surface area contributed by atoms with Crippen LogP contribution in [0.3, 0.4) is 0 Å². The minimum Gasteiger partial charge on any atom is -0.284 e. The van der Waals surface area contributed by atoms with Crippen molar-refractivity contribution in [2.75, 3.05) is 0 Å². The van der Waals surface area contributed by atoms with Crippen molar-refractivity contribution in [3.63, 3.8) is 0 Å². The van der Waals surface area contributed by atoms with Crippen LogP contribution in [0.1, 0.15) is 10.4 Å². The fourth-order valence-electron chi connectivity index (χ4n) is 1.73. The summed E-state index contributed by atoms with van der Waals surface area (Å²) in [5, 5.41) is -1.02. The first-order valence-corrected chi connectivity index (χ1v) is 7.70. The molecule has 0 fully saturated rings. The molecule has 0 bridgehead atoms. The molecule has 0 atom stereocenters. The summed E-state index contributed by atoms with van der Waals surface area (Å²) in [6, 6.07) is 1.31.